The fourth-order valence-corrected chi connectivity index (χ4v) is 3.03. The molecule has 1 unspecified atom stereocenters. The minimum absolute atomic E-state index is 0.00171. The molecule has 0 saturated heterocycles. The molecule has 1 aromatic heterocycles. The molecule has 3 atom stereocenters. The number of aromatic nitrogens is 1. The standard InChI is InChI=1S/C14H21N3O2S/c1-3-12-7-15-13(20-12)9(2)16-14(19)17-11-5-4-10(6-11)8-18/h4-5,7,9-11,18H,3,6,8H2,1-2H3,(H2,16,17,19)/t9?,10-,11+/m0/s1. The Morgan fingerprint density at radius 3 is 3.00 bits per heavy atom. The van der Waals surface area contributed by atoms with Crippen molar-refractivity contribution in [3.63, 3.8) is 0 Å². The number of amides is 2. The number of nitrogens with one attached hydrogen (secondary N) is 2. The third-order valence-electron chi connectivity index (χ3n) is 3.36. The number of nitrogens with zero attached hydrogens (tertiary/aromatic N) is 1. The SMILES string of the molecule is CCc1cnc(C(C)NC(=O)N[C@@H]2C=C[C@H](CO)C2)s1. The highest BCUT2D eigenvalue weighted by Gasteiger charge is 2.21. The highest BCUT2D eigenvalue weighted by molar-refractivity contribution is 7.11. The van der Waals surface area contributed by atoms with Gasteiger partial charge in [0.25, 0.3) is 0 Å². The number of hydrogen-bond acceptors (Lipinski definition) is 4. The van der Waals surface area contributed by atoms with E-state index < -0.39 is 0 Å². The summed E-state index contributed by atoms with van der Waals surface area (Å²) in [4.78, 5) is 17.5. The predicted molar refractivity (Wildman–Crippen MR) is 79.7 cm³/mol. The highest BCUT2D eigenvalue weighted by Crippen LogP contribution is 2.20. The van der Waals surface area contributed by atoms with Gasteiger partial charge in [-0.2, -0.15) is 0 Å². The largest absolute Gasteiger partial charge is 0.396 e. The Morgan fingerprint density at radius 1 is 1.60 bits per heavy atom. The van der Waals surface area contributed by atoms with Crippen LogP contribution in [0.25, 0.3) is 0 Å². The molecule has 0 saturated carbocycles. The summed E-state index contributed by atoms with van der Waals surface area (Å²) in [5, 5.41) is 15.8. The van der Waals surface area contributed by atoms with Crippen molar-refractivity contribution >= 4 is 17.4 Å². The van der Waals surface area contributed by atoms with Crippen LogP contribution in [0.5, 0.6) is 0 Å². The molecular weight excluding hydrogens is 274 g/mol. The number of aliphatic hydroxyl groups excluding tert-OH is 1. The third kappa shape index (κ3) is 3.80. The van der Waals surface area contributed by atoms with Crippen LogP contribution in [0.4, 0.5) is 4.79 Å². The zero-order chi connectivity index (χ0) is 14.5. The lowest BCUT2D eigenvalue weighted by Crippen LogP contribution is -2.41. The van der Waals surface area contributed by atoms with Gasteiger partial charge in [0.2, 0.25) is 0 Å². The smallest absolute Gasteiger partial charge is 0.315 e. The van der Waals surface area contributed by atoms with Crippen molar-refractivity contribution in [1.29, 1.82) is 0 Å². The maximum absolute atomic E-state index is 11.9. The average molecular weight is 295 g/mol. The number of hydrogen-bond donors (Lipinski definition) is 3. The monoisotopic (exact) mass is 295 g/mol. The molecule has 2 rings (SSSR count). The Morgan fingerprint density at radius 2 is 2.40 bits per heavy atom. The first kappa shape index (κ1) is 15.0. The van der Waals surface area contributed by atoms with E-state index in [1.807, 2.05) is 25.3 Å². The van der Waals surface area contributed by atoms with Gasteiger partial charge in [-0.05, 0) is 19.8 Å². The summed E-state index contributed by atoms with van der Waals surface area (Å²) < 4.78 is 0. The molecule has 0 aliphatic heterocycles. The molecule has 0 fully saturated rings. The summed E-state index contributed by atoms with van der Waals surface area (Å²) in [6, 6.07) is -0.292. The van der Waals surface area contributed by atoms with E-state index in [4.69, 9.17) is 5.11 Å². The van der Waals surface area contributed by atoms with Crippen LogP contribution >= 0.6 is 11.3 Å². The number of carbonyl (C=O) groups is 1. The van der Waals surface area contributed by atoms with Crippen LogP contribution in [0.3, 0.4) is 0 Å². The van der Waals surface area contributed by atoms with Crippen LogP contribution in [0, 0.1) is 5.92 Å². The maximum Gasteiger partial charge on any atom is 0.315 e. The molecule has 0 bridgehead atoms. The molecule has 3 N–H and O–H groups in total. The lowest BCUT2D eigenvalue weighted by atomic mass is 10.1. The van der Waals surface area contributed by atoms with Crippen molar-refractivity contribution in [3.05, 3.63) is 28.2 Å². The number of aryl methyl sites for hydroxylation is 1. The maximum atomic E-state index is 11.9. The molecule has 1 aliphatic carbocycles. The topological polar surface area (TPSA) is 74.2 Å². The van der Waals surface area contributed by atoms with Gasteiger partial charge in [-0.1, -0.05) is 19.1 Å². The van der Waals surface area contributed by atoms with Crippen molar-refractivity contribution in [1.82, 2.24) is 15.6 Å². The predicted octanol–water partition coefficient (Wildman–Crippen LogP) is 2.00. The van der Waals surface area contributed by atoms with E-state index in [0.717, 1.165) is 17.8 Å². The molecule has 0 radical (unpaired) electrons. The van der Waals surface area contributed by atoms with Crippen LogP contribution in [-0.4, -0.2) is 28.8 Å². The van der Waals surface area contributed by atoms with E-state index in [2.05, 4.69) is 22.5 Å². The van der Waals surface area contributed by atoms with Crippen LogP contribution < -0.4 is 10.6 Å². The summed E-state index contributed by atoms with van der Waals surface area (Å²) in [5.74, 6) is 0.156. The van der Waals surface area contributed by atoms with Gasteiger partial charge in [0, 0.05) is 29.6 Å². The van der Waals surface area contributed by atoms with E-state index in [0.29, 0.717) is 0 Å². The molecule has 0 spiro atoms. The Bertz CT molecular complexity index is 487. The van der Waals surface area contributed by atoms with Crippen molar-refractivity contribution in [2.24, 2.45) is 5.92 Å². The molecule has 2 amide bonds. The van der Waals surface area contributed by atoms with Crippen LogP contribution in [-0.2, 0) is 6.42 Å². The minimum atomic E-state index is -0.195. The van der Waals surface area contributed by atoms with Gasteiger partial charge in [-0.25, -0.2) is 9.78 Å². The fourth-order valence-electron chi connectivity index (χ4n) is 2.17. The highest BCUT2D eigenvalue weighted by atomic mass is 32.1. The lowest BCUT2D eigenvalue weighted by Gasteiger charge is -2.16. The Kier molecular flexibility index (Phi) is 5.14. The van der Waals surface area contributed by atoms with Gasteiger partial charge in [-0.3, -0.25) is 0 Å². The molecule has 110 valence electrons. The fraction of sp³-hybridized carbons (Fsp3) is 0.571. The number of carbonyl (C=O) groups excluding carboxylic acids is 1. The second kappa shape index (κ2) is 6.85. The Labute approximate surface area is 123 Å². The van der Waals surface area contributed by atoms with E-state index in [1.165, 1.54) is 4.88 Å². The van der Waals surface area contributed by atoms with Crippen molar-refractivity contribution in [2.75, 3.05) is 6.61 Å². The van der Waals surface area contributed by atoms with Crippen LogP contribution in [0.15, 0.2) is 18.3 Å². The number of thiazole rings is 1. The molecule has 20 heavy (non-hydrogen) atoms. The minimum Gasteiger partial charge on any atom is -0.396 e. The molecule has 1 aromatic rings. The first-order valence-electron chi connectivity index (χ1n) is 6.93. The van der Waals surface area contributed by atoms with Gasteiger partial charge >= 0.3 is 6.03 Å². The number of rotatable bonds is 5. The molecule has 1 aliphatic rings. The van der Waals surface area contributed by atoms with Gasteiger partial charge in [0.15, 0.2) is 0 Å². The second-order valence-corrected chi connectivity index (χ2v) is 6.17. The van der Waals surface area contributed by atoms with E-state index in [1.54, 1.807) is 11.3 Å². The Hall–Kier alpha value is -1.40. The van der Waals surface area contributed by atoms with Gasteiger partial charge in [0.05, 0.1) is 6.04 Å². The molecule has 1 heterocycles. The van der Waals surface area contributed by atoms with Crippen LogP contribution in [0.2, 0.25) is 0 Å². The number of aliphatic hydroxyl groups is 1. The van der Waals surface area contributed by atoms with E-state index in [-0.39, 0.29) is 30.6 Å². The van der Waals surface area contributed by atoms with Crippen molar-refractivity contribution in [3.8, 4) is 0 Å². The summed E-state index contributed by atoms with van der Waals surface area (Å²) in [6.45, 7) is 4.15. The van der Waals surface area contributed by atoms with E-state index in [9.17, 15) is 4.79 Å². The lowest BCUT2D eigenvalue weighted by molar-refractivity contribution is 0.229. The average Bonchev–Trinajstić information content (AvgIpc) is 3.06. The van der Waals surface area contributed by atoms with Crippen molar-refractivity contribution in [2.45, 2.75) is 38.8 Å². The Balaban J connectivity index is 1.81. The normalized spacial score (nSPS) is 22.8. The van der Waals surface area contributed by atoms with Gasteiger partial charge < -0.3 is 15.7 Å². The summed E-state index contributed by atoms with van der Waals surface area (Å²) >= 11 is 1.63. The first-order valence-corrected chi connectivity index (χ1v) is 7.74. The van der Waals surface area contributed by atoms with Gasteiger partial charge in [0.1, 0.15) is 5.01 Å². The number of urea groups is 1. The zero-order valence-corrected chi connectivity index (χ0v) is 12.6. The second-order valence-electron chi connectivity index (χ2n) is 5.03. The molecular formula is C14H21N3O2S. The van der Waals surface area contributed by atoms with Crippen molar-refractivity contribution < 1.29 is 9.90 Å². The molecule has 5 nitrogen and oxygen atoms in total. The summed E-state index contributed by atoms with van der Waals surface area (Å²) in [5.41, 5.74) is 0. The zero-order valence-electron chi connectivity index (χ0n) is 11.8. The summed E-state index contributed by atoms with van der Waals surface area (Å²) in [6.07, 6.45) is 7.47. The van der Waals surface area contributed by atoms with Crippen LogP contribution in [0.1, 0.15) is 36.2 Å². The quantitative estimate of drug-likeness (QED) is 0.727. The van der Waals surface area contributed by atoms with E-state index >= 15 is 0 Å². The van der Waals surface area contributed by atoms with Gasteiger partial charge in [-0.15, -0.1) is 11.3 Å². The molecule has 0 aromatic carbocycles. The first-order chi connectivity index (χ1) is 9.62. The summed E-state index contributed by atoms with van der Waals surface area (Å²) in [7, 11) is 0. The molecule has 6 heteroatoms. The third-order valence-corrected chi connectivity index (χ3v) is 4.69.